The average Bonchev–Trinajstić information content (AvgIpc) is 2.75. The van der Waals surface area contributed by atoms with Gasteiger partial charge in [-0.25, -0.2) is 0 Å². The molecule has 0 amide bonds. The fourth-order valence-corrected chi connectivity index (χ4v) is 4.75. The van der Waals surface area contributed by atoms with Crippen LogP contribution in [-0.2, 0) is 6.42 Å². The van der Waals surface area contributed by atoms with E-state index in [1.165, 1.54) is 48.8 Å². The van der Waals surface area contributed by atoms with Crippen LogP contribution in [0.5, 0.6) is 11.5 Å². The van der Waals surface area contributed by atoms with Crippen LogP contribution in [0.1, 0.15) is 83.8 Å². The van der Waals surface area contributed by atoms with Gasteiger partial charge in [0.2, 0.25) is 0 Å². The molecule has 0 bridgehead atoms. The van der Waals surface area contributed by atoms with Gasteiger partial charge < -0.3 is 20.9 Å². The van der Waals surface area contributed by atoms with Crippen LogP contribution in [0.2, 0.25) is 0 Å². The first kappa shape index (κ1) is 25.7. The number of benzene rings is 1. The van der Waals surface area contributed by atoms with Gasteiger partial charge in [-0.1, -0.05) is 52.2 Å². The summed E-state index contributed by atoms with van der Waals surface area (Å²) in [6.07, 6.45) is 9.51. The Hall–Kier alpha value is -1.52. The Morgan fingerprint density at radius 3 is 2.13 bits per heavy atom. The van der Waals surface area contributed by atoms with Crippen molar-refractivity contribution in [2.24, 2.45) is 29.2 Å². The third-order valence-electron chi connectivity index (χ3n) is 6.84. The summed E-state index contributed by atoms with van der Waals surface area (Å²) in [7, 11) is 0. The van der Waals surface area contributed by atoms with Crippen molar-refractivity contribution in [3.8, 4) is 11.5 Å². The number of rotatable bonds is 13. The summed E-state index contributed by atoms with van der Waals surface area (Å²) in [4.78, 5) is 0. The van der Waals surface area contributed by atoms with Gasteiger partial charge in [0.05, 0.1) is 0 Å². The Labute approximate surface area is 190 Å². The first-order chi connectivity index (χ1) is 14.9. The Kier molecular flexibility index (Phi) is 10.9. The molecule has 0 fully saturated rings. The number of allylic oxidation sites excluding steroid dienone is 2. The second-order valence-electron chi connectivity index (χ2n) is 9.58. The lowest BCUT2D eigenvalue weighted by Crippen LogP contribution is -2.27. The number of unbranched alkanes of at least 4 members (excludes halogenated alkanes) is 2. The van der Waals surface area contributed by atoms with E-state index in [1.54, 1.807) is 0 Å². The normalized spacial score (nSPS) is 19.9. The van der Waals surface area contributed by atoms with Gasteiger partial charge >= 0.3 is 0 Å². The largest absolute Gasteiger partial charge is 0.492 e. The molecule has 4 nitrogen and oxygen atoms in total. The highest BCUT2D eigenvalue weighted by molar-refractivity contribution is 5.53. The smallest absolute Gasteiger partial charge is 0.127 e. The van der Waals surface area contributed by atoms with E-state index in [9.17, 15) is 0 Å². The van der Waals surface area contributed by atoms with Crippen LogP contribution in [0.4, 0.5) is 0 Å². The average molecular weight is 431 g/mol. The quantitative estimate of drug-likeness (QED) is 0.305. The lowest BCUT2D eigenvalue weighted by atomic mass is 9.68. The van der Waals surface area contributed by atoms with E-state index in [4.69, 9.17) is 20.9 Å². The zero-order valence-electron chi connectivity index (χ0n) is 20.6. The summed E-state index contributed by atoms with van der Waals surface area (Å²) in [5, 5.41) is 0. The van der Waals surface area contributed by atoms with Gasteiger partial charge in [-0.15, -0.1) is 0 Å². The van der Waals surface area contributed by atoms with Crippen molar-refractivity contribution in [3.05, 3.63) is 34.9 Å². The molecule has 3 atom stereocenters. The van der Waals surface area contributed by atoms with Gasteiger partial charge in [0, 0.05) is 24.6 Å². The van der Waals surface area contributed by atoms with Crippen molar-refractivity contribution in [2.45, 2.75) is 79.1 Å². The van der Waals surface area contributed by atoms with Gasteiger partial charge in [-0.3, -0.25) is 0 Å². The Morgan fingerprint density at radius 1 is 1.00 bits per heavy atom. The molecule has 1 aromatic rings. The third kappa shape index (κ3) is 7.25. The molecular formula is C27H46N2O2. The van der Waals surface area contributed by atoms with Gasteiger partial charge in [-0.05, 0) is 68.1 Å². The van der Waals surface area contributed by atoms with Crippen LogP contribution in [0.3, 0.4) is 0 Å². The minimum Gasteiger partial charge on any atom is -0.492 e. The molecule has 0 aromatic heterocycles. The van der Waals surface area contributed by atoms with E-state index in [0.29, 0.717) is 44.1 Å². The molecule has 4 N–H and O–H groups in total. The molecule has 1 unspecified atom stereocenters. The maximum absolute atomic E-state index is 6.27. The van der Waals surface area contributed by atoms with Crippen LogP contribution >= 0.6 is 0 Å². The van der Waals surface area contributed by atoms with E-state index < -0.39 is 0 Å². The molecule has 0 aliphatic heterocycles. The second-order valence-corrected chi connectivity index (χ2v) is 9.58. The predicted molar refractivity (Wildman–Crippen MR) is 132 cm³/mol. The molecule has 31 heavy (non-hydrogen) atoms. The highest BCUT2D eigenvalue weighted by atomic mass is 16.5. The molecule has 1 aromatic carbocycles. The van der Waals surface area contributed by atoms with E-state index in [1.807, 2.05) is 0 Å². The van der Waals surface area contributed by atoms with Crippen LogP contribution < -0.4 is 20.9 Å². The van der Waals surface area contributed by atoms with Crippen LogP contribution in [0.15, 0.2) is 23.8 Å². The van der Waals surface area contributed by atoms with E-state index in [0.717, 1.165) is 17.9 Å². The summed E-state index contributed by atoms with van der Waals surface area (Å²) in [5.41, 5.74) is 15.6. The third-order valence-corrected chi connectivity index (χ3v) is 6.84. The molecule has 2 rings (SSSR count). The van der Waals surface area contributed by atoms with Crippen molar-refractivity contribution in [1.29, 1.82) is 0 Å². The van der Waals surface area contributed by atoms with E-state index >= 15 is 0 Å². The van der Waals surface area contributed by atoms with Crippen molar-refractivity contribution in [3.63, 3.8) is 0 Å². The number of ether oxygens (including phenoxy) is 2. The topological polar surface area (TPSA) is 70.5 Å². The van der Waals surface area contributed by atoms with Gasteiger partial charge in [-0.2, -0.15) is 0 Å². The lowest BCUT2D eigenvalue weighted by Gasteiger charge is -2.37. The summed E-state index contributed by atoms with van der Waals surface area (Å²) in [6, 6.07) is 4.48. The van der Waals surface area contributed by atoms with E-state index in [2.05, 4.69) is 52.8 Å². The number of hydrogen-bond donors (Lipinski definition) is 2. The van der Waals surface area contributed by atoms with Crippen molar-refractivity contribution in [2.75, 3.05) is 26.3 Å². The molecule has 0 spiro atoms. The van der Waals surface area contributed by atoms with Crippen LogP contribution in [0, 0.1) is 17.8 Å². The zero-order chi connectivity index (χ0) is 22.8. The lowest BCUT2D eigenvalue weighted by molar-refractivity contribution is 0.224. The maximum Gasteiger partial charge on any atom is 0.127 e. The highest BCUT2D eigenvalue weighted by Gasteiger charge is 2.34. The fourth-order valence-electron chi connectivity index (χ4n) is 4.75. The summed E-state index contributed by atoms with van der Waals surface area (Å²) in [6.45, 7) is 13.6. The first-order valence-corrected chi connectivity index (χ1v) is 12.4. The maximum atomic E-state index is 6.27. The van der Waals surface area contributed by atoms with E-state index in [-0.39, 0.29) is 5.92 Å². The van der Waals surface area contributed by atoms with Gasteiger partial charge in [0.1, 0.15) is 24.7 Å². The van der Waals surface area contributed by atoms with Crippen molar-refractivity contribution < 1.29 is 9.47 Å². The second kappa shape index (κ2) is 13.1. The first-order valence-electron chi connectivity index (χ1n) is 12.4. The van der Waals surface area contributed by atoms with Crippen molar-refractivity contribution in [1.82, 2.24) is 0 Å². The summed E-state index contributed by atoms with van der Waals surface area (Å²) in [5.74, 6) is 4.00. The molecule has 0 heterocycles. The monoisotopic (exact) mass is 430 g/mol. The summed E-state index contributed by atoms with van der Waals surface area (Å²) < 4.78 is 12.5. The highest BCUT2D eigenvalue weighted by Crippen LogP contribution is 2.49. The Bertz CT molecular complexity index is 669. The molecule has 176 valence electrons. The van der Waals surface area contributed by atoms with Gasteiger partial charge in [0.15, 0.2) is 0 Å². The minimum absolute atomic E-state index is 0.288. The molecule has 4 heteroatoms. The Morgan fingerprint density at radius 2 is 1.61 bits per heavy atom. The minimum atomic E-state index is 0.288. The number of aryl methyl sites for hydroxylation is 1. The molecule has 0 radical (unpaired) electrons. The fraction of sp³-hybridized carbons (Fsp3) is 0.704. The number of nitrogens with two attached hydrogens (primary N) is 2. The van der Waals surface area contributed by atoms with Crippen molar-refractivity contribution >= 4 is 0 Å². The SMILES string of the molecule is CCCCCc1cc(OCCN)c(C2C=C(C)CC[C@H]2[C@@H](C)C(C)C)c(OCCN)c1. The predicted octanol–water partition coefficient (Wildman–Crippen LogP) is 5.83. The van der Waals surface area contributed by atoms with Crippen LogP contribution in [0.25, 0.3) is 0 Å². The van der Waals surface area contributed by atoms with Crippen LogP contribution in [-0.4, -0.2) is 26.3 Å². The molecule has 0 saturated heterocycles. The molecule has 1 aliphatic carbocycles. The molecular weight excluding hydrogens is 384 g/mol. The number of hydrogen-bond acceptors (Lipinski definition) is 4. The zero-order valence-corrected chi connectivity index (χ0v) is 20.6. The van der Waals surface area contributed by atoms with Gasteiger partial charge in [0.25, 0.3) is 0 Å². The Balaban J connectivity index is 2.57. The summed E-state index contributed by atoms with van der Waals surface area (Å²) >= 11 is 0. The standard InChI is InChI=1S/C27H46N2O2/c1-6-7-8-9-22-17-25(30-14-12-28)27(26(18-22)31-15-13-29)24-16-20(4)10-11-23(24)21(5)19(2)3/h16-19,21,23-24H,6-15,28-29H2,1-5H3/t21-,23-,24?/m0/s1. The molecule has 1 aliphatic rings. The molecule has 0 saturated carbocycles.